The fraction of sp³-hybridized carbons (Fsp3) is 0.188. The van der Waals surface area contributed by atoms with E-state index < -0.39 is 5.97 Å². The van der Waals surface area contributed by atoms with E-state index in [0.29, 0.717) is 17.1 Å². The second-order valence-corrected chi connectivity index (χ2v) is 5.58. The van der Waals surface area contributed by atoms with E-state index in [1.165, 1.54) is 37.7 Å². The lowest BCUT2D eigenvalue weighted by Gasteiger charge is -2.10. The van der Waals surface area contributed by atoms with Crippen LogP contribution in [0.1, 0.15) is 21.1 Å². The van der Waals surface area contributed by atoms with Crippen LogP contribution in [0.3, 0.4) is 0 Å². The minimum Gasteiger partial charge on any atom is -0.497 e. The molecule has 1 aromatic heterocycles. The van der Waals surface area contributed by atoms with Crippen molar-refractivity contribution in [3.05, 3.63) is 45.9 Å². The molecule has 0 saturated carbocycles. The molecule has 0 spiro atoms. The van der Waals surface area contributed by atoms with E-state index in [4.69, 9.17) is 9.47 Å². The maximum absolute atomic E-state index is 12.0. The third-order valence-corrected chi connectivity index (χ3v) is 3.72. The zero-order chi connectivity index (χ0) is 16.8. The number of ether oxygens (including phenoxy) is 2. The molecule has 0 unspecified atom stereocenters. The molecule has 0 saturated heterocycles. The van der Waals surface area contributed by atoms with Gasteiger partial charge in [-0.05, 0) is 31.2 Å². The number of hydrogen-bond acceptors (Lipinski definition) is 6. The van der Waals surface area contributed by atoms with Crippen LogP contribution in [0.25, 0.3) is 6.08 Å². The van der Waals surface area contributed by atoms with Crippen LogP contribution in [0.5, 0.6) is 5.75 Å². The summed E-state index contributed by atoms with van der Waals surface area (Å²) in [6.07, 6.45) is 2.97. The lowest BCUT2D eigenvalue weighted by atomic mass is 10.1. The number of nitrogens with one attached hydrogen (secondary N) is 1. The van der Waals surface area contributed by atoms with Crippen LogP contribution >= 0.6 is 11.3 Å². The Labute approximate surface area is 137 Å². The highest BCUT2D eigenvalue weighted by Crippen LogP contribution is 2.23. The topological polar surface area (TPSA) is 77.5 Å². The van der Waals surface area contributed by atoms with Crippen LogP contribution in [0.4, 0.5) is 5.69 Å². The van der Waals surface area contributed by atoms with Crippen LogP contribution in [0.15, 0.2) is 29.7 Å². The standard InChI is InChI=1S/C16H16N2O4S/c1-10-17-11(9-23-10)4-7-15(19)18-14-6-5-12(21-2)8-13(14)16(20)22-3/h4-9H,1-3H3,(H,18,19)/b7-4+. The average molecular weight is 332 g/mol. The quantitative estimate of drug-likeness (QED) is 0.673. The Hall–Kier alpha value is -2.67. The summed E-state index contributed by atoms with van der Waals surface area (Å²) >= 11 is 1.50. The summed E-state index contributed by atoms with van der Waals surface area (Å²) in [5.41, 5.74) is 1.28. The Balaban J connectivity index is 2.16. The summed E-state index contributed by atoms with van der Waals surface area (Å²) in [4.78, 5) is 28.0. The van der Waals surface area contributed by atoms with Crippen molar-refractivity contribution in [3.63, 3.8) is 0 Å². The second-order valence-electron chi connectivity index (χ2n) is 4.52. The number of aromatic nitrogens is 1. The molecule has 6 nitrogen and oxygen atoms in total. The third kappa shape index (κ3) is 4.40. The van der Waals surface area contributed by atoms with E-state index in [1.54, 1.807) is 18.2 Å². The number of methoxy groups -OCH3 is 2. The molecule has 1 heterocycles. The highest BCUT2D eigenvalue weighted by molar-refractivity contribution is 7.09. The molecule has 0 atom stereocenters. The van der Waals surface area contributed by atoms with Gasteiger partial charge in [0, 0.05) is 11.5 Å². The van der Waals surface area contributed by atoms with Crippen LogP contribution in [0.2, 0.25) is 0 Å². The lowest BCUT2D eigenvalue weighted by Crippen LogP contribution is -2.13. The van der Waals surface area contributed by atoms with E-state index in [0.717, 1.165) is 5.01 Å². The van der Waals surface area contributed by atoms with Gasteiger partial charge in [0.2, 0.25) is 5.91 Å². The molecule has 2 aromatic rings. The Morgan fingerprint density at radius 3 is 2.70 bits per heavy atom. The molecule has 0 fully saturated rings. The monoisotopic (exact) mass is 332 g/mol. The van der Waals surface area contributed by atoms with Crippen molar-refractivity contribution in [1.82, 2.24) is 4.98 Å². The van der Waals surface area contributed by atoms with Crippen molar-refractivity contribution in [2.24, 2.45) is 0 Å². The molecule has 1 N–H and O–H groups in total. The van der Waals surface area contributed by atoms with Crippen LogP contribution in [-0.4, -0.2) is 31.1 Å². The molecule has 120 valence electrons. The highest BCUT2D eigenvalue weighted by atomic mass is 32.1. The van der Waals surface area contributed by atoms with Crippen LogP contribution in [0, 0.1) is 6.92 Å². The van der Waals surface area contributed by atoms with Crippen molar-refractivity contribution < 1.29 is 19.1 Å². The van der Waals surface area contributed by atoms with E-state index in [9.17, 15) is 9.59 Å². The normalized spacial score (nSPS) is 10.6. The largest absolute Gasteiger partial charge is 0.497 e. The first kappa shape index (κ1) is 16.7. The van der Waals surface area contributed by atoms with Crippen molar-refractivity contribution in [3.8, 4) is 5.75 Å². The fourth-order valence-electron chi connectivity index (χ4n) is 1.83. The van der Waals surface area contributed by atoms with Gasteiger partial charge in [-0.2, -0.15) is 0 Å². The summed E-state index contributed by atoms with van der Waals surface area (Å²) in [5, 5.41) is 5.43. The van der Waals surface area contributed by atoms with Gasteiger partial charge in [-0.15, -0.1) is 11.3 Å². The van der Waals surface area contributed by atoms with Crippen LogP contribution < -0.4 is 10.1 Å². The van der Waals surface area contributed by atoms with E-state index in [1.807, 2.05) is 12.3 Å². The predicted molar refractivity (Wildman–Crippen MR) is 88.8 cm³/mol. The predicted octanol–water partition coefficient (Wildman–Crippen LogP) is 2.90. The summed E-state index contributed by atoms with van der Waals surface area (Å²) < 4.78 is 9.79. The SMILES string of the molecule is COC(=O)c1cc(OC)ccc1NC(=O)/C=C/c1csc(C)n1. The highest BCUT2D eigenvalue weighted by Gasteiger charge is 2.14. The molecule has 0 radical (unpaired) electrons. The molecule has 0 bridgehead atoms. The van der Waals surface area contributed by atoms with Crippen molar-refractivity contribution >= 4 is 35.0 Å². The summed E-state index contributed by atoms with van der Waals surface area (Å²) in [5.74, 6) is -0.429. The minimum atomic E-state index is -0.557. The zero-order valence-corrected chi connectivity index (χ0v) is 13.8. The number of aryl methyl sites for hydroxylation is 1. The Bertz CT molecular complexity index is 752. The average Bonchev–Trinajstić information content (AvgIpc) is 2.98. The van der Waals surface area contributed by atoms with Gasteiger partial charge < -0.3 is 14.8 Å². The first-order valence-electron chi connectivity index (χ1n) is 6.71. The van der Waals surface area contributed by atoms with Gasteiger partial charge >= 0.3 is 5.97 Å². The van der Waals surface area contributed by atoms with E-state index in [2.05, 4.69) is 10.3 Å². The molecule has 1 amide bonds. The van der Waals surface area contributed by atoms with Gasteiger partial charge in [0.15, 0.2) is 0 Å². The van der Waals surface area contributed by atoms with Crippen LogP contribution in [-0.2, 0) is 9.53 Å². The number of carbonyl (C=O) groups is 2. The number of esters is 1. The first-order valence-corrected chi connectivity index (χ1v) is 7.59. The lowest BCUT2D eigenvalue weighted by molar-refractivity contribution is -0.111. The molecule has 1 aromatic carbocycles. The molecule has 0 aliphatic rings. The van der Waals surface area contributed by atoms with E-state index in [-0.39, 0.29) is 11.5 Å². The van der Waals surface area contributed by atoms with E-state index >= 15 is 0 Å². The first-order chi connectivity index (χ1) is 11.0. The smallest absolute Gasteiger partial charge is 0.340 e. The molecule has 0 aliphatic heterocycles. The molecule has 23 heavy (non-hydrogen) atoms. The number of thiazole rings is 1. The number of benzene rings is 1. The number of nitrogens with zero attached hydrogens (tertiary/aromatic N) is 1. The number of amides is 1. The maximum Gasteiger partial charge on any atom is 0.340 e. The minimum absolute atomic E-state index is 0.220. The molecular formula is C16H16N2O4S. The Morgan fingerprint density at radius 2 is 2.09 bits per heavy atom. The summed E-state index contributed by atoms with van der Waals surface area (Å²) in [6, 6.07) is 4.74. The summed E-state index contributed by atoms with van der Waals surface area (Å²) in [6.45, 7) is 1.89. The maximum atomic E-state index is 12.0. The Kier molecular flexibility index (Phi) is 5.48. The molecule has 2 rings (SSSR count). The number of hydrogen-bond donors (Lipinski definition) is 1. The molecule has 0 aliphatic carbocycles. The van der Waals surface area contributed by atoms with Gasteiger partial charge in [-0.1, -0.05) is 0 Å². The van der Waals surface area contributed by atoms with Crippen molar-refractivity contribution in [2.75, 3.05) is 19.5 Å². The second kappa shape index (κ2) is 7.55. The van der Waals surface area contributed by atoms with Crippen molar-refractivity contribution in [2.45, 2.75) is 6.92 Å². The Morgan fingerprint density at radius 1 is 1.30 bits per heavy atom. The van der Waals surface area contributed by atoms with Gasteiger partial charge in [0.25, 0.3) is 0 Å². The van der Waals surface area contributed by atoms with Crippen molar-refractivity contribution in [1.29, 1.82) is 0 Å². The molecular weight excluding hydrogens is 316 g/mol. The van der Waals surface area contributed by atoms with Gasteiger partial charge in [0.1, 0.15) is 5.75 Å². The number of carbonyl (C=O) groups excluding carboxylic acids is 2. The summed E-state index contributed by atoms with van der Waals surface area (Å²) in [7, 11) is 2.77. The zero-order valence-electron chi connectivity index (χ0n) is 13.0. The van der Waals surface area contributed by atoms with Gasteiger partial charge in [0.05, 0.1) is 36.2 Å². The third-order valence-electron chi connectivity index (χ3n) is 2.93. The fourth-order valence-corrected chi connectivity index (χ4v) is 2.41. The molecule has 7 heteroatoms. The van der Waals surface area contributed by atoms with Gasteiger partial charge in [-0.3, -0.25) is 4.79 Å². The number of rotatable bonds is 5. The number of anilines is 1. The van der Waals surface area contributed by atoms with Gasteiger partial charge in [-0.25, -0.2) is 9.78 Å².